The number of hydrogen-bond donors (Lipinski definition) is 0. The molecule has 0 aliphatic heterocycles. The van der Waals surface area contributed by atoms with E-state index in [4.69, 9.17) is 0 Å². The first-order chi connectivity index (χ1) is 6.81. The van der Waals surface area contributed by atoms with Gasteiger partial charge in [0.25, 0.3) is 0 Å². The van der Waals surface area contributed by atoms with E-state index in [0.29, 0.717) is 5.92 Å². The first-order valence-electron chi connectivity index (χ1n) is 5.31. The zero-order valence-corrected chi connectivity index (χ0v) is 10.1. The monoisotopic (exact) mass is 253 g/mol. The van der Waals surface area contributed by atoms with Crippen molar-refractivity contribution in [1.82, 2.24) is 4.98 Å². The van der Waals surface area contributed by atoms with E-state index in [1.807, 2.05) is 6.20 Å². The van der Waals surface area contributed by atoms with Crippen molar-refractivity contribution >= 4 is 15.9 Å². The maximum absolute atomic E-state index is 4.51. The summed E-state index contributed by atoms with van der Waals surface area (Å²) in [6, 6.07) is 4.27. The van der Waals surface area contributed by atoms with Crippen molar-refractivity contribution in [3.8, 4) is 0 Å². The van der Waals surface area contributed by atoms with Gasteiger partial charge in [0, 0.05) is 23.1 Å². The van der Waals surface area contributed by atoms with Crippen LogP contribution in [0, 0.1) is 5.92 Å². The molecule has 0 saturated heterocycles. The van der Waals surface area contributed by atoms with Crippen molar-refractivity contribution < 1.29 is 0 Å². The highest BCUT2D eigenvalue weighted by Gasteiger charge is 2.24. The standard InChI is InChI=1S/C12H16BrN/c1-9(8-13)7-11-5-4-10-3-2-6-14-12(10)11/h2-3,6,9,11H,4-5,7-8H2,1H3. The summed E-state index contributed by atoms with van der Waals surface area (Å²) in [5, 5.41) is 1.10. The Labute approximate surface area is 94.1 Å². The summed E-state index contributed by atoms with van der Waals surface area (Å²) >= 11 is 3.54. The molecule has 1 aliphatic rings. The minimum Gasteiger partial charge on any atom is -0.261 e. The van der Waals surface area contributed by atoms with Crippen LogP contribution in [0.2, 0.25) is 0 Å². The summed E-state index contributed by atoms with van der Waals surface area (Å²) in [4.78, 5) is 4.51. The maximum Gasteiger partial charge on any atom is 0.0466 e. The molecule has 0 fully saturated rings. The lowest BCUT2D eigenvalue weighted by atomic mass is 9.95. The molecule has 76 valence electrons. The summed E-state index contributed by atoms with van der Waals surface area (Å²) in [5.74, 6) is 1.46. The van der Waals surface area contributed by atoms with Gasteiger partial charge in [-0.15, -0.1) is 0 Å². The molecule has 0 radical (unpaired) electrons. The second kappa shape index (κ2) is 4.43. The van der Waals surface area contributed by atoms with Gasteiger partial charge in [0.1, 0.15) is 0 Å². The highest BCUT2D eigenvalue weighted by molar-refractivity contribution is 9.09. The van der Waals surface area contributed by atoms with Crippen molar-refractivity contribution in [2.24, 2.45) is 5.92 Å². The molecule has 0 N–H and O–H groups in total. The maximum atomic E-state index is 4.51. The Morgan fingerprint density at radius 2 is 2.50 bits per heavy atom. The van der Waals surface area contributed by atoms with E-state index >= 15 is 0 Å². The predicted molar refractivity (Wildman–Crippen MR) is 62.9 cm³/mol. The van der Waals surface area contributed by atoms with E-state index in [1.165, 1.54) is 30.5 Å². The summed E-state index contributed by atoms with van der Waals surface area (Å²) in [6.07, 6.45) is 5.72. The van der Waals surface area contributed by atoms with Gasteiger partial charge in [-0.05, 0) is 36.8 Å². The summed E-state index contributed by atoms with van der Waals surface area (Å²) in [7, 11) is 0. The van der Waals surface area contributed by atoms with Crippen LogP contribution in [0.15, 0.2) is 18.3 Å². The second-order valence-electron chi connectivity index (χ2n) is 4.28. The Hall–Kier alpha value is -0.370. The number of rotatable bonds is 3. The molecular formula is C12H16BrN. The van der Waals surface area contributed by atoms with Gasteiger partial charge in [-0.25, -0.2) is 0 Å². The van der Waals surface area contributed by atoms with Crippen LogP contribution >= 0.6 is 15.9 Å². The first kappa shape index (κ1) is 10.2. The molecule has 14 heavy (non-hydrogen) atoms. The Bertz CT molecular complexity index is 311. The molecule has 1 nitrogen and oxygen atoms in total. The zero-order valence-electron chi connectivity index (χ0n) is 8.54. The second-order valence-corrected chi connectivity index (χ2v) is 4.93. The average molecular weight is 254 g/mol. The molecule has 0 bridgehead atoms. The largest absolute Gasteiger partial charge is 0.261 e. The molecule has 0 saturated carbocycles. The van der Waals surface area contributed by atoms with Gasteiger partial charge in [0.05, 0.1) is 0 Å². The van der Waals surface area contributed by atoms with Gasteiger partial charge in [-0.3, -0.25) is 4.98 Å². The Morgan fingerprint density at radius 1 is 1.64 bits per heavy atom. The summed E-state index contributed by atoms with van der Waals surface area (Å²) < 4.78 is 0. The van der Waals surface area contributed by atoms with Crippen LogP contribution in [0.25, 0.3) is 0 Å². The molecule has 2 heteroatoms. The molecule has 0 spiro atoms. The van der Waals surface area contributed by atoms with Crippen molar-refractivity contribution in [2.45, 2.75) is 32.1 Å². The minimum absolute atomic E-state index is 0.707. The number of pyridine rings is 1. The smallest absolute Gasteiger partial charge is 0.0466 e. The molecular weight excluding hydrogens is 238 g/mol. The molecule has 2 unspecified atom stereocenters. The van der Waals surface area contributed by atoms with E-state index in [-0.39, 0.29) is 0 Å². The van der Waals surface area contributed by atoms with Gasteiger partial charge >= 0.3 is 0 Å². The highest BCUT2D eigenvalue weighted by Crippen LogP contribution is 2.35. The van der Waals surface area contributed by atoms with Gasteiger partial charge in [0.15, 0.2) is 0 Å². The van der Waals surface area contributed by atoms with Gasteiger partial charge in [0.2, 0.25) is 0 Å². The Kier molecular flexibility index (Phi) is 3.22. The third kappa shape index (κ3) is 2.00. The third-order valence-corrected chi connectivity index (χ3v) is 4.13. The van der Waals surface area contributed by atoms with E-state index in [2.05, 4.69) is 40.0 Å². The third-order valence-electron chi connectivity index (χ3n) is 3.03. The van der Waals surface area contributed by atoms with Crippen LogP contribution in [0.1, 0.15) is 36.9 Å². The van der Waals surface area contributed by atoms with E-state index in [9.17, 15) is 0 Å². The van der Waals surface area contributed by atoms with Crippen LogP contribution in [-0.4, -0.2) is 10.3 Å². The van der Waals surface area contributed by atoms with E-state index in [0.717, 1.165) is 11.2 Å². The number of aromatic nitrogens is 1. The normalized spacial score (nSPS) is 22.0. The van der Waals surface area contributed by atoms with Crippen LogP contribution in [0.5, 0.6) is 0 Å². The molecule has 2 rings (SSSR count). The topological polar surface area (TPSA) is 12.9 Å². The first-order valence-corrected chi connectivity index (χ1v) is 6.43. The predicted octanol–water partition coefficient (Wildman–Crippen LogP) is 3.53. The average Bonchev–Trinajstić information content (AvgIpc) is 2.62. The van der Waals surface area contributed by atoms with Crippen molar-refractivity contribution in [3.05, 3.63) is 29.6 Å². The Balaban J connectivity index is 2.10. The van der Waals surface area contributed by atoms with Gasteiger partial charge in [-0.2, -0.15) is 0 Å². The molecule has 0 amide bonds. The molecule has 2 atom stereocenters. The highest BCUT2D eigenvalue weighted by atomic mass is 79.9. The van der Waals surface area contributed by atoms with Crippen LogP contribution in [0.4, 0.5) is 0 Å². The quantitative estimate of drug-likeness (QED) is 0.752. The fourth-order valence-corrected chi connectivity index (χ4v) is 2.54. The van der Waals surface area contributed by atoms with Crippen molar-refractivity contribution in [1.29, 1.82) is 0 Å². The number of nitrogens with zero attached hydrogens (tertiary/aromatic N) is 1. The van der Waals surface area contributed by atoms with Crippen LogP contribution in [-0.2, 0) is 6.42 Å². The molecule has 0 aromatic carbocycles. The van der Waals surface area contributed by atoms with Crippen molar-refractivity contribution in [3.63, 3.8) is 0 Å². The molecule has 1 heterocycles. The zero-order chi connectivity index (χ0) is 9.97. The number of fused-ring (bicyclic) bond motifs is 1. The number of aryl methyl sites for hydroxylation is 1. The number of halogens is 1. The fourth-order valence-electron chi connectivity index (χ4n) is 2.27. The van der Waals surface area contributed by atoms with Gasteiger partial charge in [-0.1, -0.05) is 28.9 Å². The SMILES string of the molecule is CC(CBr)CC1CCc2cccnc21. The summed E-state index contributed by atoms with van der Waals surface area (Å²) in [5.41, 5.74) is 2.83. The Morgan fingerprint density at radius 3 is 3.29 bits per heavy atom. The van der Waals surface area contributed by atoms with E-state index < -0.39 is 0 Å². The molecule has 1 aromatic rings. The minimum atomic E-state index is 0.707. The lowest BCUT2D eigenvalue weighted by molar-refractivity contribution is 0.499. The lowest BCUT2D eigenvalue weighted by Gasteiger charge is -2.14. The summed E-state index contributed by atoms with van der Waals surface area (Å²) in [6.45, 7) is 2.30. The van der Waals surface area contributed by atoms with Gasteiger partial charge < -0.3 is 0 Å². The fraction of sp³-hybridized carbons (Fsp3) is 0.583. The lowest BCUT2D eigenvalue weighted by Crippen LogP contribution is -2.04. The number of hydrogen-bond acceptors (Lipinski definition) is 1. The van der Waals surface area contributed by atoms with Crippen LogP contribution < -0.4 is 0 Å². The molecule has 1 aliphatic carbocycles. The van der Waals surface area contributed by atoms with Crippen LogP contribution in [0.3, 0.4) is 0 Å². The number of alkyl halides is 1. The molecule has 1 aromatic heterocycles. The van der Waals surface area contributed by atoms with E-state index in [1.54, 1.807) is 0 Å². The van der Waals surface area contributed by atoms with Crippen molar-refractivity contribution in [2.75, 3.05) is 5.33 Å².